The van der Waals surface area contributed by atoms with E-state index in [1.54, 1.807) is 7.11 Å². The molecule has 2 bridgehead atoms. The SMILES string of the molecule is COc1ccccc1N(C)C1C2CCN(C3CCCC23)C1C(c1ccccc1)c1ccccc1. The Balaban J connectivity index is 1.51. The predicted octanol–water partition coefficient (Wildman–Crippen LogP) is 6.20. The molecular weight excluding hydrogens is 416 g/mol. The van der Waals surface area contributed by atoms with E-state index in [1.165, 1.54) is 49.0 Å². The van der Waals surface area contributed by atoms with Crippen LogP contribution in [0.4, 0.5) is 5.69 Å². The second-order valence-corrected chi connectivity index (χ2v) is 10.4. The Morgan fingerprint density at radius 3 is 2.12 bits per heavy atom. The summed E-state index contributed by atoms with van der Waals surface area (Å²) in [5.41, 5.74) is 4.07. The van der Waals surface area contributed by atoms with Crippen LogP contribution in [0.1, 0.15) is 42.7 Å². The van der Waals surface area contributed by atoms with E-state index in [-0.39, 0.29) is 0 Å². The van der Waals surface area contributed by atoms with E-state index in [2.05, 4.69) is 102 Å². The number of piperidine rings is 3. The topological polar surface area (TPSA) is 15.7 Å². The number of ether oxygens (including phenoxy) is 1. The smallest absolute Gasteiger partial charge is 0.142 e. The summed E-state index contributed by atoms with van der Waals surface area (Å²) < 4.78 is 5.83. The molecule has 34 heavy (non-hydrogen) atoms. The Bertz CT molecular complexity index is 1060. The Hall–Kier alpha value is -2.78. The van der Waals surface area contributed by atoms with Crippen molar-refractivity contribution in [3.05, 3.63) is 96.1 Å². The maximum atomic E-state index is 5.83. The molecule has 0 amide bonds. The third kappa shape index (κ3) is 3.53. The number of anilines is 1. The number of para-hydroxylation sites is 2. The molecule has 0 radical (unpaired) electrons. The summed E-state index contributed by atoms with van der Waals surface area (Å²) in [7, 11) is 4.11. The molecule has 3 saturated heterocycles. The lowest BCUT2D eigenvalue weighted by atomic mass is 9.64. The Kier molecular flexibility index (Phi) is 5.82. The van der Waals surface area contributed by atoms with Gasteiger partial charge in [0.15, 0.2) is 0 Å². The largest absolute Gasteiger partial charge is 0.495 e. The highest BCUT2D eigenvalue weighted by atomic mass is 16.5. The third-order valence-corrected chi connectivity index (χ3v) is 8.97. The summed E-state index contributed by atoms with van der Waals surface area (Å²) in [6.45, 7) is 1.23. The van der Waals surface area contributed by atoms with Gasteiger partial charge in [-0.25, -0.2) is 0 Å². The lowest BCUT2D eigenvalue weighted by molar-refractivity contribution is -0.0603. The fraction of sp³-hybridized carbons (Fsp3) is 0.419. The van der Waals surface area contributed by atoms with Crippen molar-refractivity contribution in [2.45, 2.75) is 49.7 Å². The van der Waals surface area contributed by atoms with Crippen molar-refractivity contribution in [3.8, 4) is 5.75 Å². The van der Waals surface area contributed by atoms with Crippen LogP contribution in [0, 0.1) is 11.8 Å². The van der Waals surface area contributed by atoms with Crippen molar-refractivity contribution in [1.82, 2.24) is 4.90 Å². The Morgan fingerprint density at radius 2 is 1.44 bits per heavy atom. The van der Waals surface area contributed by atoms with Gasteiger partial charge in [0.1, 0.15) is 5.75 Å². The van der Waals surface area contributed by atoms with Crippen LogP contribution in [-0.2, 0) is 0 Å². The molecule has 0 N–H and O–H groups in total. The molecule has 0 spiro atoms. The number of likely N-dealkylation sites (N-methyl/N-ethyl adjacent to an activating group) is 1. The molecule has 1 aliphatic carbocycles. The minimum absolute atomic E-state index is 0.342. The van der Waals surface area contributed by atoms with Gasteiger partial charge in [-0.2, -0.15) is 0 Å². The number of hydrogen-bond donors (Lipinski definition) is 0. The zero-order chi connectivity index (χ0) is 23.1. The van der Waals surface area contributed by atoms with Gasteiger partial charge in [-0.05, 0) is 60.9 Å². The molecule has 3 nitrogen and oxygen atoms in total. The Labute approximate surface area is 204 Å². The lowest BCUT2D eigenvalue weighted by Crippen LogP contribution is -2.70. The van der Waals surface area contributed by atoms with E-state index < -0.39 is 0 Å². The molecule has 6 unspecified atom stereocenters. The van der Waals surface area contributed by atoms with Crippen molar-refractivity contribution in [2.24, 2.45) is 11.8 Å². The van der Waals surface area contributed by atoms with E-state index in [1.807, 2.05) is 0 Å². The van der Waals surface area contributed by atoms with Gasteiger partial charge in [-0.3, -0.25) is 4.90 Å². The highest BCUT2D eigenvalue weighted by molar-refractivity contribution is 5.59. The molecule has 3 aromatic carbocycles. The number of hydrogen-bond acceptors (Lipinski definition) is 3. The summed E-state index contributed by atoms with van der Waals surface area (Å²) in [5, 5.41) is 0. The van der Waals surface area contributed by atoms with Gasteiger partial charge in [-0.1, -0.05) is 79.2 Å². The Morgan fingerprint density at radius 1 is 0.794 bits per heavy atom. The summed E-state index contributed by atoms with van der Waals surface area (Å²) in [6.07, 6.45) is 5.43. The first-order chi connectivity index (χ1) is 16.8. The molecule has 6 atom stereocenters. The number of nitrogens with zero attached hydrogens (tertiary/aromatic N) is 2. The summed E-state index contributed by atoms with van der Waals surface area (Å²) in [4.78, 5) is 5.51. The molecule has 1 saturated carbocycles. The van der Waals surface area contributed by atoms with Gasteiger partial charge in [-0.15, -0.1) is 0 Å². The first-order valence-electron chi connectivity index (χ1n) is 13.0. The zero-order valence-corrected chi connectivity index (χ0v) is 20.4. The predicted molar refractivity (Wildman–Crippen MR) is 140 cm³/mol. The molecule has 3 aromatic rings. The van der Waals surface area contributed by atoms with Crippen LogP contribution in [0.2, 0.25) is 0 Å². The molecule has 4 aliphatic rings. The second kappa shape index (κ2) is 9.11. The van der Waals surface area contributed by atoms with Gasteiger partial charge in [0.2, 0.25) is 0 Å². The summed E-state index contributed by atoms with van der Waals surface area (Å²) in [6, 6.07) is 32.6. The average Bonchev–Trinajstić information content (AvgIpc) is 3.42. The van der Waals surface area contributed by atoms with Crippen molar-refractivity contribution in [1.29, 1.82) is 0 Å². The highest BCUT2D eigenvalue weighted by Gasteiger charge is 2.57. The van der Waals surface area contributed by atoms with Crippen LogP contribution in [0.15, 0.2) is 84.9 Å². The number of fused-ring (bicyclic) bond motifs is 2. The van der Waals surface area contributed by atoms with E-state index in [0.29, 0.717) is 23.9 Å². The first-order valence-corrected chi connectivity index (χ1v) is 13.0. The number of benzene rings is 3. The summed E-state index contributed by atoms with van der Waals surface area (Å²) in [5.74, 6) is 2.85. The minimum Gasteiger partial charge on any atom is -0.495 e. The molecule has 176 valence electrons. The lowest BCUT2D eigenvalue weighted by Gasteiger charge is -2.61. The van der Waals surface area contributed by atoms with Crippen LogP contribution in [-0.4, -0.2) is 43.7 Å². The van der Waals surface area contributed by atoms with Crippen LogP contribution >= 0.6 is 0 Å². The van der Waals surface area contributed by atoms with Crippen LogP contribution in [0.25, 0.3) is 0 Å². The second-order valence-electron chi connectivity index (χ2n) is 10.4. The molecule has 3 aliphatic heterocycles. The van der Waals surface area contributed by atoms with Gasteiger partial charge < -0.3 is 9.64 Å². The fourth-order valence-corrected chi connectivity index (χ4v) is 7.70. The van der Waals surface area contributed by atoms with E-state index in [0.717, 1.165) is 17.7 Å². The van der Waals surface area contributed by atoms with Gasteiger partial charge in [0.05, 0.1) is 12.8 Å². The average molecular weight is 453 g/mol. The maximum absolute atomic E-state index is 5.83. The number of rotatable bonds is 6. The van der Waals surface area contributed by atoms with Gasteiger partial charge in [0.25, 0.3) is 0 Å². The van der Waals surface area contributed by atoms with Crippen molar-refractivity contribution >= 4 is 5.69 Å². The first kappa shape index (κ1) is 21.7. The molecule has 3 heteroatoms. The van der Waals surface area contributed by atoms with Crippen LogP contribution in [0.5, 0.6) is 5.75 Å². The van der Waals surface area contributed by atoms with Gasteiger partial charge in [0, 0.05) is 31.1 Å². The third-order valence-electron chi connectivity index (χ3n) is 8.97. The van der Waals surface area contributed by atoms with E-state index >= 15 is 0 Å². The highest BCUT2D eigenvalue weighted by Crippen LogP contribution is 2.54. The standard InChI is InChI=1S/C31H36N2O/c1-32(27-17-9-10-19-28(27)34-2)30-25-20-21-33(26-18-11-16-24(25)26)31(30)29(22-12-5-3-6-13-22)23-14-7-4-8-15-23/h3-10,12-15,17,19,24-26,29-31H,11,16,18,20-21H2,1-2H3. The molecular formula is C31H36N2O. The van der Waals surface area contributed by atoms with Crippen molar-refractivity contribution < 1.29 is 4.74 Å². The van der Waals surface area contributed by atoms with Crippen LogP contribution in [0.3, 0.4) is 0 Å². The number of methoxy groups -OCH3 is 1. The van der Waals surface area contributed by atoms with Crippen molar-refractivity contribution in [3.63, 3.8) is 0 Å². The fourth-order valence-electron chi connectivity index (χ4n) is 7.70. The van der Waals surface area contributed by atoms with E-state index in [4.69, 9.17) is 4.74 Å². The van der Waals surface area contributed by atoms with Gasteiger partial charge >= 0.3 is 0 Å². The van der Waals surface area contributed by atoms with Crippen LogP contribution < -0.4 is 9.64 Å². The molecule has 3 heterocycles. The zero-order valence-electron chi connectivity index (χ0n) is 20.4. The summed E-state index contributed by atoms with van der Waals surface area (Å²) >= 11 is 0. The quantitative estimate of drug-likeness (QED) is 0.442. The van der Waals surface area contributed by atoms with Crippen molar-refractivity contribution in [2.75, 3.05) is 25.6 Å². The monoisotopic (exact) mass is 452 g/mol. The molecule has 4 fully saturated rings. The normalized spacial score (nSPS) is 29.7. The minimum atomic E-state index is 0.342. The molecule has 7 rings (SSSR count). The molecule has 0 aromatic heterocycles. The van der Waals surface area contributed by atoms with E-state index in [9.17, 15) is 0 Å². The maximum Gasteiger partial charge on any atom is 0.142 e.